The summed E-state index contributed by atoms with van der Waals surface area (Å²) in [4.78, 5) is 11.6. The summed E-state index contributed by atoms with van der Waals surface area (Å²) in [5.41, 5.74) is -3.60. The van der Waals surface area contributed by atoms with Gasteiger partial charge in [-0.2, -0.15) is 13.2 Å². The van der Waals surface area contributed by atoms with E-state index in [1.54, 1.807) is 0 Å². The van der Waals surface area contributed by atoms with Crippen molar-refractivity contribution in [2.24, 2.45) is 0 Å². The second-order valence-electron chi connectivity index (χ2n) is 4.61. The number of halogens is 4. The van der Waals surface area contributed by atoms with Gasteiger partial charge in [0.05, 0.1) is 12.0 Å². The van der Waals surface area contributed by atoms with E-state index >= 15 is 0 Å². The van der Waals surface area contributed by atoms with E-state index in [-0.39, 0.29) is 16.5 Å². The highest BCUT2D eigenvalue weighted by Gasteiger charge is 2.62. The predicted molar refractivity (Wildman–Crippen MR) is 74.9 cm³/mol. The minimum absolute atomic E-state index is 0.00628. The summed E-state index contributed by atoms with van der Waals surface area (Å²) in [6.45, 7) is 0. The maximum absolute atomic E-state index is 13.7. The molecule has 3 rings (SSSR count). The number of benzene rings is 1. The second kappa shape index (κ2) is 5.25. The molecule has 4 nitrogen and oxygen atoms in total. The Morgan fingerprint density at radius 3 is 2.70 bits per heavy atom. The first-order valence-electron chi connectivity index (χ1n) is 6.25. The average Bonchev–Trinajstić information content (AvgIpc) is 2.97. The van der Waals surface area contributed by atoms with Gasteiger partial charge in [-0.1, -0.05) is 11.6 Å². The standard InChI is InChI=1S/C15H7ClF3NO3/c16-9-3-4-12-11(8-9)14(15(17,18)19,23-13(21)20-12)6-5-10-2-1-7-22-10/h1-4,7-8H,(H,20,21)/t14-/m0/s1. The number of carbonyl (C=O) groups is 1. The number of fused-ring (bicyclic) bond motifs is 1. The number of furan rings is 1. The molecule has 1 N–H and O–H groups in total. The van der Waals surface area contributed by atoms with E-state index in [0.29, 0.717) is 0 Å². The van der Waals surface area contributed by atoms with Crippen LogP contribution >= 0.6 is 11.6 Å². The molecule has 0 fully saturated rings. The molecule has 118 valence electrons. The fourth-order valence-electron chi connectivity index (χ4n) is 2.12. The monoisotopic (exact) mass is 341 g/mol. The van der Waals surface area contributed by atoms with Gasteiger partial charge in [0.1, 0.15) is 0 Å². The van der Waals surface area contributed by atoms with E-state index in [9.17, 15) is 18.0 Å². The van der Waals surface area contributed by atoms with E-state index in [4.69, 9.17) is 16.0 Å². The summed E-state index contributed by atoms with van der Waals surface area (Å²) < 4.78 is 50.6. The van der Waals surface area contributed by atoms with Crippen LogP contribution in [-0.4, -0.2) is 12.3 Å². The lowest BCUT2D eigenvalue weighted by atomic mass is 9.90. The zero-order valence-electron chi connectivity index (χ0n) is 11.2. The molecule has 0 bridgehead atoms. The van der Waals surface area contributed by atoms with Crippen LogP contribution in [0.2, 0.25) is 5.02 Å². The van der Waals surface area contributed by atoms with Crippen molar-refractivity contribution in [3.8, 4) is 11.8 Å². The number of alkyl halides is 3. The quantitative estimate of drug-likeness (QED) is 0.727. The first-order valence-corrected chi connectivity index (χ1v) is 6.63. The van der Waals surface area contributed by atoms with Crippen LogP contribution in [0.5, 0.6) is 0 Å². The van der Waals surface area contributed by atoms with Gasteiger partial charge in [0.15, 0.2) is 5.76 Å². The third-order valence-corrected chi connectivity index (χ3v) is 3.36. The Morgan fingerprint density at radius 2 is 2.04 bits per heavy atom. The molecule has 23 heavy (non-hydrogen) atoms. The molecule has 0 spiro atoms. The highest BCUT2D eigenvalue weighted by Crippen LogP contribution is 2.47. The van der Waals surface area contributed by atoms with Crippen LogP contribution < -0.4 is 5.32 Å². The van der Waals surface area contributed by atoms with Crippen molar-refractivity contribution in [3.63, 3.8) is 0 Å². The first-order chi connectivity index (χ1) is 10.8. The van der Waals surface area contributed by atoms with Gasteiger partial charge >= 0.3 is 12.3 Å². The molecule has 1 aliphatic rings. The molecular weight excluding hydrogens is 335 g/mol. The third-order valence-electron chi connectivity index (χ3n) is 3.13. The van der Waals surface area contributed by atoms with E-state index in [0.717, 1.165) is 6.07 Å². The van der Waals surface area contributed by atoms with Crippen LogP contribution in [0.25, 0.3) is 0 Å². The van der Waals surface area contributed by atoms with Gasteiger partial charge in [0.2, 0.25) is 0 Å². The summed E-state index contributed by atoms with van der Waals surface area (Å²) >= 11 is 5.79. The lowest BCUT2D eigenvalue weighted by molar-refractivity contribution is -0.239. The fourth-order valence-corrected chi connectivity index (χ4v) is 2.29. The van der Waals surface area contributed by atoms with Gasteiger partial charge in [0, 0.05) is 10.6 Å². The van der Waals surface area contributed by atoms with Crippen LogP contribution in [-0.2, 0) is 10.3 Å². The van der Waals surface area contributed by atoms with Crippen molar-refractivity contribution in [1.29, 1.82) is 0 Å². The van der Waals surface area contributed by atoms with E-state index in [2.05, 4.69) is 16.0 Å². The average molecular weight is 342 g/mol. The number of hydrogen-bond donors (Lipinski definition) is 1. The Balaban J connectivity index is 2.25. The Labute approximate surface area is 133 Å². The molecule has 0 unspecified atom stereocenters. The number of ether oxygens (including phenoxy) is 1. The van der Waals surface area contributed by atoms with Crippen molar-refractivity contribution >= 4 is 23.4 Å². The number of amides is 1. The van der Waals surface area contributed by atoms with Crippen molar-refractivity contribution in [2.75, 3.05) is 5.32 Å². The lowest BCUT2D eigenvalue weighted by Gasteiger charge is -2.35. The first kappa shape index (κ1) is 15.3. The topological polar surface area (TPSA) is 51.5 Å². The number of carbonyl (C=O) groups excluding carboxylic acids is 1. The summed E-state index contributed by atoms with van der Waals surface area (Å²) in [6, 6.07) is 6.53. The summed E-state index contributed by atoms with van der Waals surface area (Å²) in [6.07, 6.45) is -4.97. The molecule has 1 aromatic heterocycles. The Hall–Kier alpha value is -2.59. The zero-order valence-corrected chi connectivity index (χ0v) is 12.0. The molecule has 2 aromatic rings. The number of hydrogen-bond acceptors (Lipinski definition) is 3. The summed E-state index contributed by atoms with van der Waals surface area (Å²) in [7, 11) is 0. The number of rotatable bonds is 0. The van der Waals surface area contributed by atoms with Crippen LogP contribution in [0, 0.1) is 11.8 Å². The van der Waals surface area contributed by atoms with Crippen molar-refractivity contribution in [2.45, 2.75) is 11.8 Å². The molecule has 1 aromatic carbocycles. The smallest absolute Gasteiger partial charge is 0.445 e. The molecule has 0 saturated heterocycles. The molecular formula is C15H7ClF3NO3. The second-order valence-corrected chi connectivity index (χ2v) is 5.05. The summed E-state index contributed by atoms with van der Waals surface area (Å²) in [5.74, 6) is 4.23. The van der Waals surface area contributed by atoms with Crippen LogP contribution in [0.1, 0.15) is 11.3 Å². The Kier molecular flexibility index (Phi) is 3.49. The van der Waals surface area contributed by atoms with Gasteiger partial charge in [0.25, 0.3) is 5.60 Å². The van der Waals surface area contributed by atoms with E-state index in [1.165, 1.54) is 30.5 Å². The minimum atomic E-state index is -4.98. The molecule has 1 amide bonds. The normalized spacial score (nSPS) is 19.9. The number of cyclic esters (lactones) is 1. The van der Waals surface area contributed by atoms with E-state index in [1.807, 2.05) is 5.92 Å². The fraction of sp³-hybridized carbons (Fsp3) is 0.133. The van der Waals surface area contributed by atoms with Gasteiger partial charge in [-0.3, -0.25) is 5.32 Å². The van der Waals surface area contributed by atoms with Crippen LogP contribution in [0.4, 0.5) is 23.7 Å². The lowest BCUT2D eigenvalue weighted by Crippen LogP contribution is -2.49. The molecule has 1 atom stereocenters. The maximum Gasteiger partial charge on any atom is 0.445 e. The van der Waals surface area contributed by atoms with Gasteiger partial charge in [-0.05, 0) is 42.2 Å². The third kappa shape index (κ3) is 2.62. The molecule has 0 radical (unpaired) electrons. The molecule has 8 heteroatoms. The van der Waals surface area contributed by atoms with Crippen molar-refractivity contribution < 1.29 is 27.1 Å². The van der Waals surface area contributed by atoms with Gasteiger partial charge < -0.3 is 9.15 Å². The van der Waals surface area contributed by atoms with Crippen molar-refractivity contribution in [3.05, 3.63) is 52.9 Å². The largest absolute Gasteiger partial charge is 0.456 e. The van der Waals surface area contributed by atoms with Gasteiger partial charge in [-0.15, -0.1) is 0 Å². The minimum Gasteiger partial charge on any atom is -0.456 e. The molecule has 0 aliphatic carbocycles. The van der Waals surface area contributed by atoms with Crippen molar-refractivity contribution in [1.82, 2.24) is 0 Å². The number of nitrogens with one attached hydrogen (secondary N) is 1. The highest BCUT2D eigenvalue weighted by molar-refractivity contribution is 6.30. The zero-order chi connectivity index (χ0) is 16.7. The molecule has 1 aliphatic heterocycles. The Morgan fingerprint density at radius 1 is 1.26 bits per heavy atom. The molecule has 2 heterocycles. The van der Waals surface area contributed by atoms with Crippen LogP contribution in [0.3, 0.4) is 0 Å². The highest BCUT2D eigenvalue weighted by atomic mass is 35.5. The summed E-state index contributed by atoms with van der Waals surface area (Å²) in [5, 5.41) is 2.25. The SMILES string of the molecule is O=C1Nc2ccc(Cl)cc2[C@@](C#Cc2ccco2)(C(F)(F)F)O1. The maximum atomic E-state index is 13.7. The van der Waals surface area contributed by atoms with Gasteiger partial charge in [-0.25, -0.2) is 4.79 Å². The van der Waals surface area contributed by atoms with Crippen LogP contribution in [0.15, 0.2) is 41.0 Å². The molecule has 0 saturated carbocycles. The number of anilines is 1. The Bertz CT molecular complexity index is 821. The predicted octanol–water partition coefficient (Wildman–Crippen LogP) is 4.30. The van der Waals surface area contributed by atoms with E-state index < -0.39 is 23.4 Å².